The Hall–Kier alpha value is -3.80. The van der Waals surface area contributed by atoms with Gasteiger partial charge in [-0.3, -0.25) is 0 Å². The molecule has 6 nitrogen and oxygen atoms in total. The minimum absolute atomic E-state index is 0.000623. The van der Waals surface area contributed by atoms with Gasteiger partial charge in [-0.25, -0.2) is 9.59 Å². The van der Waals surface area contributed by atoms with E-state index < -0.39 is 18.5 Å². The van der Waals surface area contributed by atoms with Crippen LogP contribution in [0.3, 0.4) is 0 Å². The zero-order valence-electron chi connectivity index (χ0n) is 23.4. The molecule has 0 aromatic heterocycles. The van der Waals surface area contributed by atoms with Crippen LogP contribution >= 0.6 is 0 Å². The van der Waals surface area contributed by atoms with Gasteiger partial charge >= 0.3 is 11.9 Å². The van der Waals surface area contributed by atoms with Crippen molar-refractivity contribution in [2.24, 2.45) is 5.41 Å². The Kier molecular flexibility index (Phi) is 11.9. The van der Waals surface area contributed by atoms with Gasteiger partial charge in [-0.1, -0.05) is 67.0 Å². The molecule has 0 amide bonds. The van der Waals surface area contributed by atoms with E-state index in [2.05, 4.69) is 39.8 Å². The summed E-state index contributed by atoms with van der Waals surface area (Å²) in [5, 5.41) is 9.60. The lowest BCUT2D eigenvalue weighted by Gasteiger charge is -2.32. The van der Waals surface area contributed by atoms with Crippen molar-refractivity contribution in [3.8, 4) is 11.5 Å². The summed E-state index contributed by atoms with van der Waals surface area (Å²) < 4.78 is 15.0. The third kappa shape index (κ3) is 10.3. The zero-order chi connectivity index (χ0) is 28.1. The summed E-state index contributed by atoms with van der Waals surface area (Å²) in [4.78, 5) is 23.7. The number of phenols is 1. The molecule has 0 heterocycles. The number of phenolic OH excluding ortho intramolecular Hbond substituents is 1. The Balaban J connectivity index is 1.75. The zero-order valence-corrected chi connectivity index (χ0v) is 23.4. The van der Waals surface area contributed by atoms with Crippen LogP contribution in [0.2, 0.25) is 0 Å². The van der Waals surface area contributed by atoms with E-state index in [1.165, 1.54) is 55.7 Å². The molecule has 0 bridgehead atoms. The summed E-state index contributed by atoms with van der Waals surface area (Å²) in [5.74, 6) is -1.03. The van der Waals surface area contributed by atoms with Crippen LogP contribution in [0.4, 0.5) is 0 Å². The summed E-state index contributed by atoms with van der Waals surface area (Å²) in [5.41, 5.74) is 5.89. The number of benzene rings is 1. The van der Waals surface area contributed by atoms with Crippen molar-refractivity contribution in [2.75, 3.05) is 20.3 Å². The summed E-state index contributed by atoms with van der Waals surface area (Å²) in [6.07, 6.45) is 18.5. The second-order valence-corrected chi connectivity index (χ2v) is 10.0. The lowest BCUT2D eigenvalue weighted by atomic mass is 9.72. The SMILES string of the molecule is COc1cc(C=CC(=O)OCC(=O)OCC=C(C)C=CC=C(C)C=CC2=C(C)CCCC2(C)C)ccc1O. The Labute approximate surface area is 226 Å². The standard InChI is InChI=1S/C32H40O6/c1-23(12-15-27-25(3)11-8-19-32(27,4)5)9-7-10-24(2)18-20-37-31(35)22-38-30(34)17-14-26-13-16-28(33)29(21-26)36-6/h7,9-10,12-18,21,33H,8,11,19-20,22H2,1-6H3. The number of hydrogen-bond acceptors (Lipinski definition) is 6. The number of carbonyl (C=O) groups excluding carboxylic acids is 2. The molecule has 0 aliphatic heterocycles. The summed E-state index contributed by atoms with van der Waals surface area (Å²) in [7, 11) is 1.43. The highest BCUT2D eigenvalue weighted by Crippen LogP contribution is 2.40. The fourth-order valence-electron chi connectivity index (χ4n) is 4.15. The number of esters is 2. The van der Waals surface area contributed by atoms with Gasteiger partial charge in [0.15, 0.2) is 18.1 Å². The van der Waals surface area contributed by atoms with Gasteiger partial charge in [-0.05, 0) is 80.9 Å². The first-order chi connectivity index (χ1) is 18.0. The molecule has 204 valence electrons. The van der Waals surface area contributed by atoms with Crippen molar-refractivity contribution in [2.45, 2.75) is 53.9 Å². The van der Waals surface area contributed by atoms with E-state index in [-0.39, 0.29) is 23.5 Å². The van der Waals surface area contributed by atoms with Crippen LogP contribution in [0.5, 0.6) is 11.5 Å². The molecule has 0 atom stereocenters. The van der Waals surface area contributed by atoms with Crippen LogP contribution in [0.15, 0.2) is 83.0 Å². The number of methoxy groups -OCH3 is 1. The van der Waals surface area contributed by atoms with Crippen molar-refractivity contribution in [3.05, 3.63) is 88.6 Å². The topological polar surface area (TPSA) is 82.1 Å². The number of rotatable bonds is 11. The van der Waals surface area contributed by atoms with Crippen molar-refractivity contribution in [1.82, 2.24) is 0 Å². The molecule has 1 aliphatic carbocycles. The Bertz CT molecular complexity index is 1170. The first-order valence-corrected chi connectivity index (χ1v) is 12.8. The van der Waals surface area contributed by atoms with Crippen LogP contribution in [0, 0.1) is 5.41 Å². The molecule has 0 saturated heterocycles. The van der Waals surface area contributed by atoms with Gasteiger partial charge in [0.1, 0.15) is 6.61 Å². The second-order valence-electron chi connectivity index (χ2n) is 10.0. The molecular formula is C32H40O6. The third-order valence-corrected chi connectivity index (χ3v) is 6.37. The molecule has 0 saturated carbocycles. The quantitative estimate of drug-likeness (QED) is 0.192. The Morgan fingerprint density at radius 2 is 1.82 bits per heavy atom. The van der Waals surface area contributed by atoms with Crippen molar-refractivity contribution < 1.29 is 28.9 Å². The van der Waals surface area contributed by atoms with Gasteiger partial charge in [0.25, 0.3) is 0 Å². The van der Waals surface area contributed by atoms with Crippen LogP contribution in [0.25, 0.3) is 6.08 Å². The average molecular weight is 521 g/mol. The maximum atomic E-state index is 11.9. The molecule has 1 aromatic carbocycles. The minimum Gasteiger partial charge on any atom is -0.504 e. The van der Waals surface area contributed by atoms with Gasteiger partial charge in [0, 0.05) is 6.08 Å². The van der Waals surface area contributed by atoms with E-state index in [0.29, 0.717) is 5.56 Å². The molecule has 1 aliphatic rings. The van der Waals surface area contributed by atoms with E-state index in [1.54, 1.807) is 18.2 Å². The van der Waals surface area contributed by atoms with Crippen LogP contribution in [0.1, 0.15) is 59.4 Å². The molecule has 1 aromatic rings. The van der Waals surface area contributed by atoms with E-state index in [4.69, 9.17) is 14.2 Å². The number of allylic oxidation sites excluding steroid dienone is 9. The predicted octanol–water partition coefficient (Wildman–Crippen LogP) is 7.03. The predicted molar refractivity (Wildman–Crippen MR) is 152 cm³/mol. The molecule has 2 rings (SSSR count). The molecule has 0 unspecified atom stereocenters. The van der Waals surface area contributed by atoms with Gasteiger partial charge in [0.05, 0.1) is 7.11 Å². The first-order valence-electron chi connectivity index (χ1n) is 12.8. The smallest absolute Gasteiger partial charge is 0.344 e. The highest BCUT2D eigenvalue weighted by atomic mass is 16.6. The lowest BCUT2D eigenvalue weighted by molar-refractivity contribution is -0.155. The van der Waals surface area contributed by atoms with Gasteiger partial charge in [-0.15, -0.1) is 0 Å². The number of hydrogen-bond donors (Lipinski definition) is 1. The molecular weight excluding hydrogens is 480 g/mol. The first kappa shape index (κ1) is 30.4. The van der Waals surface area contributed by atoms with Crippen LogP contribution in [-0.4, -0.2) is 37.4 Å². The number of carbonyl (C=O) groups is 2. The van der Waals surface area contributed by atoms with Crippen LogP contribution < -0.4 is 4.74 Å². The summed E-state index contributed by atoms with van der Waals surface area (Å²) in [6, 6.07) is 4.64. The largest absolute Gasteiger partial charge is 0.504 e. The Morgan fingerprint density at radius 3 is 2.53 bits per heavy atom. The lowest BCUT2D eigenvalue weighted by Crippen LogP contribution is -2.19. The van der Waals surface area contributed by atoms with E-state index in [1.807, 2.05) is 25.2 Å². The molecule has 0 radical (unpaired) electrons. The van der Waals surface area contributed by atoms with Gasteiger partial charge in [0.2, 0.25) is 0 Å². The van der Waals surface area contributed by atoms with Crippen molar-refractivity contribution in [3.63, 3.8) is 0 Å². The monoisotopic (exact) mass is 520 g/mol. The summed E-state index contributed by atoms with van der Waals surface area (Å²) >= 11 is 0. The molecule has 0 spiro atoms. The Morgan fingerprint density at radius 1 is 1.05 bits per heavy atom. The highest BCUT2D eigenvalue weighted by Gasteiger charge is 2.26. The van der Waals surface area contributed by atoms with E-state index in [0.717, 1.165) is 11.1 Å². The maximum absolute atomic E-state index is 11.9. The fraction of sp³-hybridized carbons (Fsp3) is 0.375. The maximum Gasteiger partial charge on any atom is 0.344 e. The second kappa shape index (κ2) is 14.8. The van der Waals surface area contributed by atoms with Crippen LogP contribution in [-0.2, 0) is 19.1 Å². The van der Waals surface area contributed by atoms with E-state index >= 15 is 0 Å². The normalized spacial score (nSPS) is 16.5. The van der Waals surface area contributed by atoms with Gasteiger partial charge in [-0.2, -0.15) is 0 Å². The van der Waals surface area contributed by atoms with Crippen molar-refractivity contribution >= 4 is 18.0 Å². The van der Waals surface area contributed by atoms with Crippen molar-refractivity contribution in [1.29, 1.82) is 0 Å². The number of ether oxygens (including phenoxy) is 3. The van der Waals surface area contributed by atoms with E-state index in [9.17, 15) is 14.7 Å². The highest BCUT2D eigenvalue weighted by molar-refractivity contribution is 5.88. The molecule has 38 heavy (non-hydrogen) atoms. The summed E-state index contributed by atoms with van der Waals surface area (Å²) in [6.45, 7) is 10.5. The molecule has 6 heteroatoms. The molecule has 1 N–H and O–H groups in total. The molecule has 0 fully saturated rings. The minimum atomic E-state index is -0.682. The van der Waals surface area contributed by atoms with Gasteiger partial charge < -0.3 is 19.3 Å². The fourth-order valence-corrected chi connectivity index (χ4v) is 4.15. The third-order valence-electron chi connectivity index (χ3n) is 6.37. The number of aromatic hydroxyl groups is 1. The average Bonchev–Trinajstić information content (AvgIpc) is 2.86.